The summed E-state index contributed by atoms with van der Waals surface area (Å²) in [5, 5.41) is 12.7. The maximum atomic E-state index is 12.2. The predicted octanol–water partition coefficient (Wildman–Crippen LogP) is 0.858. The third kappa shape index (κ3) is 3.13. The molecule has 1 saturated carbocycles. The Morgan fingerprint density at radius 3 is 2.73 bits per heavy atom. The first kappa shape index (κ1) is 15.7. The number of nitrogens with one attached hydrogen (secondary N) is 1. The van der Waals surface area contributed by atoms with Crippen LogP contribution in [0.2, 0.25) is 0 Å². The molecule has 0 unspecified atom stereocenters. The topological polar surface area (TPSA) is 78.9 Å². The second-order valence-electron chi connectivity index (χ2n) is 7.06. The Morgan fingerprint density at radius 2 is 2.05 bits per heavy atom. The Bertz CT molecular complexity index is 436. The number of nitrogens with zero attached hydrogens (tertiary/aromatic N) is 1. The monoisotopic (exact) mass is 310 g/mol. The van der Waals surface area contributed by atoms with E-state index in [0.29, 0.717) is 45.3 Å². The number of hydrogen-bond acceptors (Lipinski definition) is 4. The second kappa shape index (κ2) is 6.54. The highest BCUT2D eigenvalue weighted by atomic mass is 16.5. The van der Waals surface area contributed by atoms with Crippen LogP contribution in [0.15, 0.2) is 0 Å². The summed E-state index contributed by atoms with van der Waals surface area (Å²) in [4.78, 5) is 25.9. The van der Waals surface area contributed by atoms with E-state index in [-0.39, 0.29) is 11.8 Å². The Labute approximate surface area is 131 Å². The van der Waals surface area contributed by atoms with Crippen LogP contribution in [-0.4, -0.2) is 60.8 Å². The van der Waals surface area contributed by atoms with Crippen molar-refractivity contribution >= 4 is 11.9 Å². The highest BCUT2D eigenvalue weighted by Crippen LogP contribution is 2.42. The van der Waals surface area contributed by atoms with Gasteiger partial charge in [-0.3, -0.25) is 14.5 Å². The van der Waals surface area contributed by atoms with E-state index in [1.165, 1.54) is 19.3 Å². The van der Waals surface area contributed by atoms with Gasteiger partial charge in [0.2, 0.25) is 5.91 Å². The quantitative estimate of drug-likeness (QED) is 0.805. The molecule has 2 N–H and O–H groups in total. The number of hydrogen-bond donors (Lipinski definition) is 2. The third-order valence-electron chi connectivity index (χ3n) is 5.54. The van der Waals surface area contributed by atoms with Gasteiger partial charge in [0, 0.05) is 31.7 Å². The van der Waals surface area contributed by atoms with Crippen LogP contribution in [0.3, 0.4) is 0 Å². The van der Waals surface area contributed by atoms with E-state index in [1.807, 2.05) is 4.90 Å². The van der Waals surface area contributed by atoms with Crippen molar-refractivity contribution in [1.29, 1.82) is 0 Å². The molecule has 0 aromatic heterocycles. The van der Waals surface area contributed by atoms with Crippen LogP contribution in [0.25, 0.3) is 0 Å². The minimum Gasteiger partial charge on any atom is -0.481 e. The van der Waals surface area contributed by atoms with Gasteiger partial charge in [0.1, 0.15) is 0 Å². The van der Waals surface area contributed by atoms with Gasteiger partial charge in [0.15, 0.2) is 0 Å². The zero-order valence-corrected chi connectivity index (χ0v) is 13.1. The Kier molecular flexibility index (Phi) is 4.68. The number of carbonyl (C=O) groups is 2. The van der Waals surface area contributed by atoms with Crippen molar-refractivity contribution in [2.45, 2.75) is 44.6 Å². The molecule has 1 amide bonds. The van der Waals surface area contributed by atoms with Gasteiger partial charge >= 0.3 is 5.97 Å². The standard InChI is InChI=1S/C16H26N2O4/c19-14(17-13-4-2-1-3-5-13)9-18-8-12-10-22-7-6-16(12,11-18)15(20)21/h12-13H,1-11H2,(H,17,19)(H,20,21)/t12-,16+/m1/s1. The SMILES string of the molecule is O=C(CN1C[C@@H]2COCC[C@]2(C(=O)O)C1)NC1CCCCC1. The van der Waals surface area contributed by atoms with E-state index in [1.54, 1.807) is 0 Å². The van der Waals surface area contributed by atoms with Gasteiger partial charge in [-0.25, -0.2) is 0 Å². The number of likely N-dealkylation sites (tertiary alicyclic amines) is 1. The number of amides is 1. The van der Waals surface area contributed by atoms with E-state index >= 15 is 0 Å². The molecule has 3 fully saturated rings. The minimum absolute atomic E-state index is 0.00114. The average molecular weight is 310 g/mol. The van der Waals surface area contributed by atoms with E-state index in [4.69, 9.17) is 4.74 Å². The largest absolute Gasteiger partial charge is 0.481 e. The molecule has 1 aliphatic carbocycles. The summed E-state index contributed by atoms with van der Waals surface area (Å²) < 4.78 is 5.44. The first-order valence-corrected chi connectivity index (χ1v) is 8.43. The molecule has 2 heterocycles. The highest BCUT2D eigenvalue weighted by molar-refractivity contribution is 5.79. The van der Waals surface area contributed by atoms with Crippen molar-refractivity contribution in [3.8, 4) is 0 Å². The van der Waals surface area contributed by atoms with Gasteiger partial charge < -0.3 is 15.2 Å². The molecular formula is C16H26N2O4. The van der Waals surface area contributed by atoms with Crippen molar-refractivity contribution in [1.82, 2.24) is 10.2 Å². The molecule has 3 rings (SSSR count). The molecule has 0 spiro atoms. The summed E-state index contributed by atoms with van der Waals surface area (Å²) in [5.41, 5.74) is -0.719. The molecule has 0 bridgehead atoms. The van der Waals surface area contributed by atoms with Crippen molar-refractivity contribution in [2.24, 2.45) is 11.3 Å². The number of carbonyl (C=O) groups excluding carboxylic acids is 1. The fourth-order valence-corrected chi connectivity index (χ4v) is 4.25. The third-order valence-corrected chi connectivity index (χ3v) is 5.54. The van der Waals surface area contributed by atoms with Crippen LogP contribution in [0, 0.1) is 11.3 Å². The maximum absolute atomic E-state index is 12.2. The normalized spacial score (nSPS) is 33.4. The van der Waals surface area contributed by atoms with Crippen molar-refractivity contribution in [3.63, 3.8) is 0 Å². The van der Waals surface area contributed by atoms with Crippen LogP contribution in [0.1, 0.15) is 38.5 Å². The summed E-state index contributed by atoms with van der Waals surface area (Å²) in [6, 6.07) is 0.308. The van der Waals surface area contributed by atoms with Crippen molar-refractivity contribution in [2.75, 3.05) is 32.8 Å². The van der Waals surface area contributed by atoms with Gasteiger partial charge in [-0.2, -0.15) is 0 Å². The van der Waals surface area contributed by atoms with Gasteiger partial charge in [0.05, 0.1) is 18.6 Å². The lowest BCUT2D eigenvalue weighted by Crippen LogP contribution is -2.45. The number of ether oxygens (including phenoxy) is 1. The van der Waals surface area contributed by atoms with Crippen LogP contribution in [-0.2, 0) is 14.3 Å². The lowest BCUT2D eigenvalue weighted by atomic mass is 9.74. The van der Waals surface area contributed by atoms with Gasteiger partial charge in [-0.1, -0.05) is 19.3 Å². The first-order chi connectivity index (χ1) is 10.6. The summed E-state index contributed by atoms with van der Waals surface area (Å²) in [7, 11) is 0. The molecule has 2 saturated heterocycles. The molecule has 0 radical (unpaired) electrons. The van der Waals surface area contributed by atoms with E-state index < -0.39 is 11.4 Å². The lowest BCUT2D eigenvalue weighted by Gasteiger charge is -2.34. The summed E-state index contributed by atoms with van der Waals surface area (Å²) >= 11 is 0. The smallest absolute Gasteiger partial charge is 0.311 e. The molecule has 2 aliphatic heterocycles. The second-order valence-corrected chi connectivity index (χ2v) is 7.06. The Hall–Kier alpha value is -1.14. The summed E-state index contributed by atoms with van der Waals surface area (Å²) in [6.07, 6.45) is 6.34. The highest BCUT2D eigenvalue weighted by Gasteiger charge is 2.53. The number of aliphatic carboxylic acids is 1. The predicted molar refractivity (Wildman–Crippen MR) is 80.5 cm³/mol. The zero-order valence-electron chi connectivity index (χ0n) is 13.1. The fourth-order valence-electron chi connectivity index (χ4n) is 4.25. The van der Waals surface area contributed by atoms with E-state index in [2.05, 4.69) is 5.32 Å². The number of fused-ring (bicyclic) bond motifs is 1. The van der Waals surface area contributed by atoms with Gasteiger partial charge in [-0.15, -0.1) is 0 Å². The molecule has 124 valence electrons. The summed E-state index contributed by atoms with van der Waals surface area (Å²) in [5.74, 6) is -0.704. The van der Waals surface area contributed by atoms with Crippen LogP contribution >= 0.6 is 0 Å². The van der Waals surface area contributed by atoms with Crippen LogP contribution in [0.4, 0.5) is 0 Å². The summed E-state index contributed by atoms with van der Waals surface area (Å²) in [6.45, 7) is 2.42. The number of carboxylic acid groups (broad SMARTS) is 1. The minimum atomic E-state index is -0.740. The Balaban J connectivity index is 1.55. The molecule has 2 atom stereocenters. The fraction of sp³-hybridized carbons (Fsp3) is 0.875. The molecule has 22 heavy (non-hydrogen) atoms. The van der Waals surface area contributed by atoms with Crippen molar-refractivity contribution in [3.05, 3.63) is 0 Å². The number of rotatable bonds is 4. The van der Waals surface area contributed by atoms with E-state index in [0.717, 1.165) is 12.8 Å². The van der Waals surface area contributed by atoms with Gasteiger partial charge in [-0.05, 0) is 19.3 Å². The average Bonchev–Trinajstić information content (AvgIpc) is 2.87. The van der Waals surface area contributed by atoms with Gasteiger partial charge in [0.25, 0.3) is 0 Å². The maximum Gasteiger partial charge on any atom is 0.311 e. The lowest BCUT2D eigenvalue weighted by molar-refractivity contribution is -0.157. The first-order valence-electron chi connectivity index (χ1n) is 8.43. The zero-order chi connectivity index (χ0) is 15.6. The van der Waals surface area contributed by atoms with Crippen molar-refractivity contribution < 1.29 is 19.4 Å². The molecule has 0 aromatic carbocycles. The molecule has 6 nitrogen and oxygen atoms in total. The Morgan fingerprint density at radius 1 is 1.27 bits per heavy atom. The molecule has 0 aromatic rings. The van der Waals surface area contributed by atoms with Crippen LogP contribution < -0.4 is 5.32 Å². The number of carboxylic acids is 1. The molecular weight excluding hydrogens is 284 g/mol. The molecule has 6 heteroatoms. The van der Waals surface area contributed by atoms with Crippen LogP contribution in [0.5, 0.6) is 0 Å². The van der Waals surface area contributed by atoms with E-state index in [9.17, 15) is 14.7 Å². The molecule has 3 aliphatic rings.